The molecule has 9 heteroatoms. The Morgan fingerprint density at radius 2 is 2.21 bits per heavy atom. The smallest absolute Gasteiger partial charge is 0.241 e. The molecule has 2 aromatic rings. The number of hydrogen-bond donors (Lipinski definition) is 4. The quantitative estimate of drug-likeness (QED) is 0.194. The average molecular weight is 453 g/mol. The molecule has 1 unspecified atom stereocenters. The number of nitrogens with one attached hydrogen (secondary N) is 4. The number of rotatable bonds is 14. The van der Waals surface area contributed by atoms with Crippen LogP contribution in [-0.2, 0) is 4.74 Å². The normalized spacial score (nSPS) is 15.8. The van der Waals surface area contributed by atoms with Gasteiger partial charge < -0.3 is 15.0 Å². The van der Waals surface area contributed by atoms with Gasteiger partial charge in [0.2, 0.25) is 5.95 Å². The van der Waals surface area contributed by atoms with E-state index in [0.29, 0.717) is 48.9 Å². The first-order valence-corrected chi connectivity index (χ1v) is 11.7. The molecule has 0 amide bonds. The Balaban J connectivity index is 1.72. The Kier molecular flexibility index (Phi) is 9.59. The van der Waals surface area contributed by atoms with Crippen LogP contribution in [0.15, 0.2) is 35.4 Å². The molecular formula is C24H36N8O. The largest absolute Gasteiger partial charge is 0.380 e. The molecule has 178 valence electrons. The zero-order valence-electron chi connectivity index (χ0n) is 19.9. The number of imidazole rings is 1. The molecule has 0 radical (unpaired) electrons. The summed E-state index contributed by atoms with van der Waals surface area (Å²) in [6.07, 6.45) is 11.2. The molecule has 1 atom stereocenters. The van der Waals surface area contributed by atoms with E-state index >= 15 is 0 Å². The fourth-order valence-electron chi connectivity index (χ4n) is 3.51. The lowest BCUT2D eigenvalue weighted by Crippen LogP contribution is -2.29. The number of aliphatic imine (C=N–C) groups is 1. The van der Waals surface area contributed by atoms with Crippen molar-refractivity contribution in [3.63, 3.8) is 0 Å². The third-order valence-corrected chi connectivity index (χ3v) is 5.18. The highest BCUT2D eigenvalue weighted by atomic mass is 16.5. The fourth-order valence-corrected chi connectivity index (χ4v) is 3.51. The van der Waals surface area contributed by atoms with Gasteiger partial charge in [-0.1, -0.05) is 37.3 Å². The third-order valence-electron chi connectivity index (χ3n) is 5.18. The molecule has 9 nitrogen and oxygen atoms in total. The summed E-state index contributed by atoms with van der Waals surface area (Å²) in [4.78, 5) is 21.5. The summed E-state index contributed by atoms with van der Waals surface area (Å²) in [7, 11) is 0. The Bertz CT molecular complexity index is 1010. The predicted octanol–water partition coefficient (Wildman–Crippen LogP) is 4.12. The highest BCUT2D eigenvalue weighted by Crippen LogP contribution is 2.23. The van der Waals surface area contributed by atoms with E-state index in [1.165, 1.54) is 5.57 Å². The third kappa shape index (κ3) is 7.50. The SMILES string of the molecule is C=C(CC/N=C\C)c1nc2nc(NNCC3C=C(C)C=CC3)nc(NCCOCCC)c2[nH]1. The maximum absolute atomic E-state index is 5.59. The molecule has 0 fully saturated rings. The van der Waals surface area contributed by atoms with E-state index in [1.807, 2.05) is 6.92 Å². The molecule has 0 bridgehead atoms. The predicted molar refractivity (Wildman–Crippen MR) is 137 cm³/mol. The number of hydrazine groups is 1. The lowest BCUT2D eigenvalue weighted by molar-refractivity contribution is 0.144. The van der Waals surface area contributed by atoms with Crippen molar-refractivity contribution in [1.82, 2.24) is 25.4 Å². The van der Waals surface area contributed by atoms with Crippen LogP contribution in [0.4, 0.5) is 11.8 Å². The molecule has 2 aromatic heterocycles. The summed E-state index contributed by atoms with van der Waals surface area (Å²) in [5.74, 6) is 2.28. The van der Waals surface area contributed by atoms with Crippen LogP contribution in [0.3, 0.4) is 0 Å². The lowest BCUT2D eigenvalue weighted by atomic mass is 9.97. The van der Waals surface area contributed by atoms with Gasteiger partial charge in [0.1, 0.15) is 11.3 Å². The van der Waals surface area contributed by atoms with Crippen LogP contribution in [0, 0.1) is 5.92 Å². The van der Waals surface area contributed by atoms with E-state index in [1.54, 1.807) is 6.21 Å². The second kappa shape index (κ2) is 12.9. The van der Waals surface area contributed by atoms with Crippen molar-refractivity contribution in [2.24, 2.45) is 10.9 Å². The molecule has 0 saturated carbocycles. The van der Waals surface area contributed by atoms with Crippen LogP contribution in [-0.4, -0.2) is 59.0 Å². The van der Waals surface area contributed by atoms with Crippen molar-refractivity contribution in [3.8, 4) is 0 Å². The van der Waals surface area contributed by atoms with Crippen molar-refractivity contribution in [2.45, 2.75) is 40.0 Å². The number of hydrogen-bond acceptors (Lipinski definition) is 8. The molecule has 0 aliphatic heterocycles. The van der Waals surface area contributed by atoms with Gasteiger partial charge in [-0.15, -0.1) is 0 Å². The summed E-state index contributed by atoms with van der Waals surface area (Å²) >= 11 is 0. The first kappa shape index (κ1) is 24.6. The van der Waals surface area contributed by atoms with Crippen LogP contribution in [0.5, 0.6) is 0 Å². The molecule has 0 spiro atoms. The van der Waals surface area contributed by atoms with Crippen molar-refractivity contribution in [3.05, 3.63) is 36.2 Å². The zero-order valence-corrected chi connectivity index (χ0v) is 19.9. The van der Waals surface area contributed by atoms with Gasteiger partial charge in [-0.25, -0.2) is 10.4 Å². The van der Waals surface area contributed by atoms with E-state index in [4.69, 9.17) is 4.74 Å². The molecule has 2 heterocycles. The van der Waals surface area contributed by atoms with Crippen LogP contribution >= 0.6 is 0 Å². The summed E-state index contributed by atoms with van der Waals surface area (Å²) < 4.78 is 5.59. The molecule has 1 aliphatic rings. The number of nitrogens with zero attached hydrogens (tertiary/aromatic N) is 4. The van der Waals surface area contributed by atoms with E-state index < -0.39 is 0 Å². The van der Waals surface area contributed by atoms with Gasteiger partial charge in [0.15, 0.2) is 11.5 Å². The monoisotopic (exact) mass is 452 g/mol. The minimum absolute atomic E-state index is 0.436. The van der Waals surface area contributed by atoms with Crippen LogP contribution < -0.4 is 16.2 Å². The summed E-state index contributed by atoms with van der Waals surface area (Å²) in [5.41, 5.74) is 9.90. The molecule has 33 heavy (non-hydrogen) atoms. The molecule has 4 N–H and O–H groups in total. The topological polar surface area (TPSA) is 112 Å². The van der Waals surface area contributed by atoms with Crippen molar-refractivity contribution in [2.75, 3.05) is 43.6 Å². The van der Waals surface area contributed by atoms with Gasteiger partial charge in [-0.3, -0.25) is 10.4 Å². The highest BCUT2D eigenvalue weighted by Gasteiger charge is 2.15. The Labute approximate surface area is 195 Å². The maximum Gasteiger partial charge on any atom is 0.241 e. The summed E-state index contributed by atoms with van der Waals surface area (Å²) in [6.45, 7) is 13.7. The zero-order chi connectivity index (χ0) is 23.5. The minimum Gasteiger partial charge on any atom is -0.380 e. The fraction of sp³-hybridized carbons (Fsp3) is 0.500. The standard InChI is InChI=1S/C24H36N8O/c1-5-13-33-14-12-26-22-20-23(29-21(28-20)18(4)10-11-25-6-2)31-24(30-22)32-27-16-19-9-7-8-17(3)15-19/h6-8,15,19,27H,4-5,9-14,16H2,1-3H3,(H3,26,28,29,30,31,32)/b25-6-. The number of allylic oxidation sites excluding steroid dienone is 3. The van der Waals surface area contributed by atoms with Gasteiger partial charge in [-0.2, -0.15) is 9.97 Å². The number of aromatic nitrogens is 4. The first-order chi connectivity index (χ1) is 16.1. The molecule has 0 saturated heterocycles. The Morgan fingerprint density at radius 1 is 1.33 bits per heavy atom. The lowest BCUT2D eigenvalue weighted by Gasteiger charge is -2.16. The van der Waals surface area contributed by atoms with Crippen molar-refractivity contribution >= 4 is 34.7 Å². The molecule has 1 aliphatic carbocycles. The summed E-state index contributed by atoms with van der Waals surface area (Å²) in [6, 6.07) is 0. The van der Waals surface area contributed by atoms with Crippen molar-refractivity contribution < 1.29 is 4.74 Å². The summed E-state index contributed by atoms with van der Waals surface area (Å²) in [5, 5.41) is 3.35. The highest BCUT2D eigenvalue weighted by molar-refractivity contribution is 5.86. The number of fused-ring (bicyclic) bond motifs is 1. The Morgan fingerprint density at radius 3 is 3.00 bits per heavy atom. The first-order valence-electron chi connectivity index (χ1n) is 11.7. The Hall–Kier alpha value is -3.04. The van der Waals surface area contributed by atoms with Gasteiger partial charge >= 0.3 is 0 Å². The second-order valence-electron chi connectivity index (χ2n) is 8.05. The molecule has 0 aromatic carbocycles. The number of aromatic amines is 1. The number of H-pyrrole nitrogens is 1. The van der Waals surface area contributed by atoms with Gasteiger partial charge in [0.05, 0.1) is 6.61 Å². The van der Waals surface area contributed by atoms with E-state index in [0.717, 1.165) is 43.5 Å². The number of anilines is 2. The molecule has 3 rings (SSSR count). The van der Waals surface area contributed by atoms with Gasteiger partial charge in [0.25, 0.3) is 0 Å². The van der Waals surface area contributed by atoms with Crippen molar-refractivity contribution in [1.29, 1.82) is 0 Å². The van der Waals surface area contributed by atoms with Crippen LogP contribution in [0.2, 0.25) is 0 Å². The molecular weight excluding hydrogens is 416 g/mol. The van der Waals surface area contributed by atoms with E-state index in [9.17, 15) is 0 Å². The minimum atomic E-state index is 0.436. The van der Waals surface area contributed by atoms with Crippen LogP contribution in [0.25, 0.3) is 16.7 Å². The number of ether oxygens (including phenoxy) is 1. The maximum atomic E-state index is 5.59. The van der Waals surface area contributed by atoms with E-state index in [2.05, 4.69) is 79.8 Å². The van der Waals surface area contributed by atoms with Gasteiger partial charge in [-0.05, 0) is 50.8 Å². The average Bonchev–Trinajstić information content (AvgIpc) is 3.24. The second-order valence-corrected chi connectivity index (χ2v) is 8.05. The van der Waals surface area contributed by atoms with Gasteiger partial charge in [0, 0.05) is 26.2 Å². The van der Waals surface area contributed by atoms with Crippen LogP contribution in [0.1, 0.15) is 45.9 Å². The van der Waals surface area contributed by atoms with E-state index in [-0.39, 0.29) is 0 Å².